The lowest BCUT2D eigenvalue weighted by molar-refractivity contribution is 0.00578. The van der Waals surface area contributed by atoms with Gasteiger partial charge < -0.3 is 14.0 Å². The van der Waals surface area contributed by atoms with Crippen LogP contribution in [-0.2, 0) is 15.7 Å². The molecule has 1 radical (unpaired) electrons. The number of hydrogen-bond acceptors (Lipinski definition) is 3. The van der Waals surface area contributed by atoms with Crippen LogP contribution in [0.4, 0.5) is 0 Å². The molecule has 1 aliphatic heterocycles. The summed E-state index contributed by atoms with van der Waals surface area (Å²) in [7, 11) is 0.207. The average Bonchev–Trinajstić information content (AvgIpc) is 3.02. The van der Waals surface area contributed by atoms with Gasteiger partial charge >= 0.3 is 7.12 Å². The zero-order valence-corrected chi connectivity index (χ0v) is 20.7. The molecule has 0 aliphatic carbocycles. The van der Waals surface area contributed by atoms with Crippen LogP contribution >= 0.6 is 0 Å². The van der Waals surface area contributed by atoms with Gasteiger partial charge in [0.25, 0.3) is 0 Å². The summed E-state index contributed by atoms with van der Waals surface area (Å²) in [4.78, 5) is 0. The summed E-state index contributed by atoms with van der Waals surface area (Å²) in [5.74, 6) is 0.873. The van der Waals surface area contributed by atoms with Gasteiger partial charge in [0.1, 0.15) is 14.5 Å². The van der Waals surface area contributed by atoms with Crippen LogP contribution in [0.25, 0.3) is 0 Å². The fourth-order valence-electron chi connectivity index (χ4n) is 4.23. The van der Waals surface area contributed by atoms with Crippen LogP contribution in [0.1, 0.15) is 33.3 Å². The molecule has 0 amide bonds. The molecule has 1 atom stereocenters. The predicted octanol–water partition coefficient (Wildman–Crippen LogP) is 4.55. The Kier molecular flexibility index (Phi) is 6.61. The van der Waals surface area contributed by atoms with E-state index < -0.39 is 8.80 Å². The van der Waals surface area contributed by atoms with Crippen molar-refractivity contribution in [3.63, 3.8) is 0 Å². The van der Waals surface area contributed by atoms with Crippen molar-refractivity contribution in [2.24, 2.45) is 0 Å². The molecule has 4 rings (SSSR count). The van der Waals surface area contributed by atoms with Crippen molar-refractivity contribution in [3.8, 4) is 5.75 Å². The predicted molar refractivity (Wildman–Crippen MR) is 134 cm³/mol. The van der Waals surface area contributed by atoms with Crippen LogP contribution in [-0.4, -0.2) is 34.2 Å². The molecule has 0 spiro atoms. The van der Waals surface area contributed by atoms with Crippen LogP contribution in [0.2, 0.25) is 5.44 Å². The van der Waals surface area contributed by atoms with E-state index in [9.17, 15) is 0 Å². The third kappa shape index (κ3) is 4.70. The smallest absolute Gasteiger partial charge is 0.459 e. The number of rotatable bonds is 7. The molecule has 3 nitrogen and oxygen atoms in total. The molecular weight excluding hydrogens is 411 g/mol. The maximum absolute atomic E-state index is 6.65. The topological polar surface area (TPSA) is 27.7 Å². The zero-order chi connectivity index (χ0) is 22.8. The first kappa shape index (κ1) is 22.8. The van der Waals surface area contributed by atoms with Crippen LogP contribution < -0.4 is 15.1 Å². The van der Waals surface area contributed by atoms with Crippen LogP contribution in [0.5, 0.6) is 5.75 Å². The standard InChI is InChI=1S/C27H32BO3Si/c1-26(2)27(3,4)31-28(30-26)25(20-21-16-18-22(29-5)19-17-21)32(23-12-8-6-9-13-23)24-14-10-7-11-15-24/h6-19,25H,20H2,1-5H3/t25-/m1/s1. The SMILES string of the molecule is COc1ccc(C[C@H](B2OC(C)(C)C(C)(C)O2)[Si](c2ccccc2)c2ccccc2)cc1. The van der Waals surface area contributed by atoms with Crippen molar-refractivity contribution >= 4 is 26.3 Å². The normalized spacial score (nSPS) is 18.0. The van der Waals surface area contributed by atoms with Gasteiger partial charge in [-0.3, -0.25) is 0 Å². The highest BCUT2D eigenvalue weighted by Gasteiger charge is 2.55. The van der Waals surface area contributed by atoms with E-state index in [1.54, 1.807) is 7.11 Å². The Morgan fingerprint density at radius 1 is 0.750 bits per heavy atom. The minimum Gasteiger partial charge on any atom is -0.497 e. The highest BCUT2D eigenvalue weighted by molar-refractivity contribution is 6.93. The highest BCUT2D eigenvalue weighted by atomic mass is 28.3. The molecule has 0 bridgehead atoms. The van der Waals surface area contributed by atoms with Crippen molar-refractivity contribution in [3.05, 3.63) is 90.5 Å². The Hall–Kier alpha value is -2.34. The molecule has 1 fully saturated rings. The lowest BCUT2D eigenvalue weighted by Crippen LogP contribution is -2.52. The van der Waals surface area contributed by atoms with Crippen molar-refractivity contribution < 1.29 is 14.0 Å². The van der Waals surface area contributed by atoms with E-state index in [0.717, 1.165) is 12.2 Å². The third-order valence-corrected chi connectivity index (χ3v) is 9.88. The molecule has 0 aromatic heterocycles. The summed E-state index contributed by atoms with van der Waals surface area (Å²) in [5, 5.41) is 2.74. The Bertz CT molecular complexity index is 951. The Balaban J connectivity index is 1.78. The van der Waals surface area contributed by atoms with Crippen LogP contribution in [0.3, 0.4) is 0 Å². The monoisotopic (exact) mass is 443 g/mol. The van der Waals surface area contributed by atoms with Gasteiger partial charge in [0, 0.05) is 5.44 Å². The van der Waals surface area contributed by atoms with Gasteiger partial charge in [0.05, 0.1) is 18.3 Å². The Labute approximate surface area is 194 Å². The molecule has 32 heavy (non-hydrogen) atoms. The number of methoxy groups -OCH3 is 1. The van der Waals surface area contributed by atoms with E-state index in [-0.39, 0.29) is 23.8 Å². The Morgan fingerprint density at radius 3 is 1.66 bits per heavy atom. The highest BCUT2D eigenvalue weighted by Crippen LogP contribution is 2.41. The van der Waals surface area contributed by atoms with E-state index in [1.165, 1.54) is 15.9 Å². The lowest BCUT2D eigenvalue weighted by atomic mass is 9.80. The van der Waals surface area contributed by atoms with E-state index in [0.29, 0.717) is 0 Å². The minimum absolute atomic E-state index is 0.194. The van der Waals surface area contributed by atoms with Gasteiger partial charge in [0.2, 0.25) is 0 Å². The molecule has 0 unspecified atom stereocenters. The second-order valence-corrected chi connectivity index (χ2v) is 12.2. The van der Waals surface area contributed by atoms with Crippen molar-refractivity contribution in [2.45, 2.75) is 50.8 Å². The second kappa shape index (κ2) is 9.26. The molecule has 3 aromatic rings. The van der Waals surface area contributed by atoms with Gasteiger partial charge in [0.15, 0.2) is 0 Å². The fraction of sp³-hybridized carbons (Fsp3) is 0.333. The second-order valence-electron chi connectivity index (χ2n) is 9.43. The largest absolute Gasteiger partial charge is 0.497 e. The first-order valence-electron chi connectivity index (χ1n) is 11.3. The number of benzene rings is 3. The summed E-state index contributed by atoms with van der Waals surface area (Å²) in [6, 6.07) is 30.1. The molecule has 0 N–H and O–H groups in total. The zero-order valence-electron chi connectivity index (χ0n) is 19.7. The molecule has 0 saturated carbocycles. The molecule has 1 heterocycles. The van der Waals surface area contributed by atoms with Crippen LogP contribution in [0, 0.1) is 0 Å². The Morgan fingerprint density at radius 2 is 1.22 bits per heavy atom. The summed E-state index contributed by atoms with van der Waals surface area (Å²) >= 11 is 0. The van der Waals surface area contributed by atoms with E-state index >= 15 is 0 Å². The summed E-state index contributed by atoms with van der Waals surface area (Å²) < 4.78 is 18.7. The maximum atomic E-state index is 6.65. The molecule has 165 valence electrons. The molecule has 1 saturated heterocycles. The lowest BCUT2D eigenvalue weighted by Gasteiger charge is -2.32. The molecule has 5 heteroatoms. The van der Waals surface area contributed by atoms with Crippen LogP contribution in [0.15, 0.2) is 84.9 Å². The first-order chi connectivity index (χ1) is 15.3. The van der Waals surface area contributed by atoms with Crippen molar-refractivity contribution in [2.75, 3.05) is 7.11 Å². The van der Waals surface area contributed by atoms with Gasteiger partial charge in [-0.05, 0) is 51.8 Å². The van der Waals surface area contributed by atoms with Gasteiger partial charge in [-0.15, -0.1) is 0 Å². The first-order valence-corrected chi connectivity index (χ1v) is 12.8. The molecular formula is C27H32BO3Si. The van der Waals surface area contributed by atoms with Gasteiger partial charge in [-0.1, -0.05) is 83.2 Å². The minimum atomic E-state index is -1.21. The summed E-state index contributed by atoms with van der Waals surface area (Å²) in [5.41, 5.74) is 0.728. The van der Waals surface area contributed by atoms with E-state index in [2.05, 4.69) is 100 Å². The third-order valence-electron chi connectivity index (χ3n) is 6.76. The average molecular weight is 443 g/mol. The van der Waals surface area contributed by atoms with Gasteiger partial charge in [-0.25, -0.2) is 0 Å². The quantitative estimate of drug-likeness (QED) is 0.502. The maximum Gasteiger partial charge on any atom is 0.459 e. The molecule has 3 aromatic carbocycles. The number of ether oxygens (including phenoxy) is 1. The summed E-state index contributed by atoms with van der Waals surface area (Å²) in [6.45, 7) is 8.54. The molecule has 1 aliphatic rings. The van der Waals surface area contributed by atoms with Crippen molar-refractivity contribution in [1.82, 2.24) is 0 Å². The van der Waals surface area contributed by atoms with Gasteiger partial charge in [-0.2, -0.15) is 0 Å². The fourth-order valence-corrected chi connectivity index (χ4v) is 7.37. The van der Waals surface area contributed by atoms with E-state index in [1.807, 2.05) is 12.1 Å². The van der Waals surface area contributed by atoms with E-state index in [4.69, 9.17) is 14.0 Å². The van der Waals surface area contributed by atoms with Crippen molar-refractivity contribution in [1.29, 1.82) is 0 Å². The number of hydrogen-bond donors (Lipinski definition) is 0. The summed E-state index contributed by atoms with van der Waals surface area (Å²) in [6.07, 6.45) is 0.874.